The average Bonchev–Trinajstić information content (AvgIpc) is 2.98. The third-order valence-corrected chi connectivity index (χ3v) is 4.80. The summed E-state index contributed by atoms with van der Waals surface area (Å²) in [6.07, 6.45) is 6.58. The molecule has 0 amide bonds. The predicted octanol–water partition coefficient (Wildman–Crippen LogP) is 3.03. The van der Waals surface area contributed by atoms with E-state index in [9.17, 15) is 0 Å². The first kappa shape index (κ1) is 22.5. The van der Waals surface area contributed by atoms with Crippen LogP contribution in [-0.2, 0) is 13.0 Å². The molecule has 0 aromatic carbocycles. The van der Waals surface area contributed by atoms with Crippen LogP contribution in [0.5, 0.6) is 0 Å². The Kier molecular flexibility index (Phi) is 10.8. The van der Waals surface area contributed by atoms with Crippen LogP contribution in [0, 0.1) is 0 Å². The molecule has 1 unspecified atom stereocenters. The predicted molar refractivity (Wildman–Crippen MR) is 118 cm³/mol. The van der Waals surface area contributed by atoms with Crippen LogP contribution < -0.4 is 10.6 Å². The van der Waals surface area contributed by atoms with Gasteiger partial charge < -0.3 is 10.6 Å². The summed E-state index contributed by atoms with van der Waals surface area (Å²) in [5.74, 6) is 4.61. The molecule has 2 N–H and O–H groups in total. The first-order chi connectivity index (χ1) is 11.6. The van der Waals surface area contributed by atoms with E-state index in [1.165, 1.54) is 12.2 Å². The van der Waals surface area contributed by atoms with E-state index in [4.69, 9.17) is 4.99 Å². The number of hydrogen-bond donors (Lipinski definition) is 2. The number of guanidine groups is 1. The monoisotopic (exact) mass is 480 g/mol. The summed E-state index contributed by atoms with van der Waals surface area (Å²) < 4.78 is 2.07. The molecule has 1 aromatic heterocycles. The van der Waals surface area contributed by atoms with Gasteiger partial charge in [0.25, 0.3) is 0 Å². The molecule has 1 atom stereocenters. The van der Waals surface area contributed by atoms with Crippen LogP contribution in [-0.4, -0.2) is 51.9 Å². The molecule has 2 rings (SSSR count). The van der Waals surface area contributed by atoms with Gasteiger partial charge in [-0.15, -0.1) is 24.0 Å². The Labute approximate surface area is 173 Å². The van der Waals surface area contributed by atoms with Gasteiger partial charge in [-0.1, -0.05) is 13.8 Å². The Hall–Kier alpha value is -0.510. The number of fused-ring (bicyclic) bond motifs is 1. The summed E-state index contributed by atoms with van der Waals surface area (Å²) >= 11 is 1.90. The fraction of sp³-hybridized carbons (Fsp3) is 0.824. The number of rotatable bonds is 8. The third-order valence-electron chi connectivity index (χ3n) is 4.10. The van der Waals surface area contributed by atoms with Crippen LogP contribution in [0.2, 0.25) is 0 Å². The molecule has 25 heavy (non-hydrogen) atoms. The lowest BCUT2D eigenvalue weighted by atomic mass is 10.1. The van der Waals surface area contributed by atoms with Crippen LogP contribution in [0.25, 0.3) is 0 Å². The van der Waals surface area contributed by atoms with E-state index in [1.807, 2.05) is 11.8 Å². The second-order valence-electron chi connectivity index (χ2n) is 6.56. The van der Waals surface area contributed by atoms with E-state index in [-0.39, 0.29) is 24.0 Å². The van der Waals surface area contributed by atoms with Crippen molar-refractivity contribution in [3.8, 4) is 0 Å². The van der Waals surface area contributed by atoms with Crippen molar-refractivity contribution in [2.24, 2.45) is 4.99 Å². The van der Waals surface area contributed by atoms with Gasteiger partial charge in [0.2, 0.25) is 0 Å². The number of nitrogens with one attached hydrogen (secondary N) is 2. The zero-order valence-corrected chi connectivity index (χ0v) is 19.1. The summed E-state index contributed by atoms with van der Waals surface area (Å²) in [6.45, 7) is 9.03. The number of unbranched alkanes of at least 4 members (excludes halogenated alkanes) is 1. The molecule has 0 saturated heterocycles. The van der Waals surface area contributed by atoms with Crippen molar-refractivity contribution in [2.45, 2.75) is 65.0 Å². The van der Waals surface area contributed by atoms with E-state index in [0.29, 0.717) is 12.0 Å². The van der Waals surface area contributed by atoms with Gasteiger partial charge >= 0.3 is 0 Å². The summed E-state index contributed by atoms with van der Waals surface area (Å²) in [5.41, 5.74) is 0. The Morgan fingerprint density at radius 1 is 1.40 bits per heavy atom. The van der Waals surface area contributed by atoms with E-state index < -0.39 is 0 Å². The minimum absolute atomic E-state index is 0. The molecule has 0 aliphatic carbocycles. The highest BCUT2D eigenvalue weighted by atomic mass is 127. The zero-order chi connectivity index (χ0) is 17.4. The van der Waals surface area contributed by atoms with Crippen LogP contribution in [0.1, 0.15) is 57.6 Å². The maximum absolute atomic E-state index is 4.71. The van der Waals surface area contributed by atoms with Gasteiger partial charge in [0.05, 0.1) is 6.54 Å². The van der Waals surface area contributed by atoms with E-state index in [2.05, 4.69) is 52.4 Å². The Morgan fingerprint density at radius 2 is 2.20 bits per heavy atom. The zero-order valence-electron chi connectivity index (χ0n) is 15.9. The molecule has 1 aliphatic rings. The molecule has 0 fully saturated rings. The Bertz CT molecular complexity index is 531. The summed E-state index contributed by atoms with van der Waals surface area (Å²) in [4.78, 5) is 9.36. The highest BCUT2D eigenvalue weighted by Gasteiger charge is 2.23. The van der Waals surface area contributed by atoms with Gasteiger partial charge in [0.15, 0.2) is 11.8 Å². The number of thioether (sulfide) groups is 1. The quantitative estimate of drug-likeness (QED) is 0.259. The van der Waals surface area contributed by atoms with Gasteiger partial charge in [-0.3, -0.25) is 4.99 Å². The smallest absolute Gasteiger partial charge is 0.191 e. The van der Waals surface area contributed by atoms with E-state index in [1.54, 1.807) is 0 Å². The van der Waals surface area contributed by atoms with E-state index >= 15 is 0 Å². The van der Waals surface area contributed by atoms with Crippen molar-refractivity contribution in [3.05, 3.63) is 11.6 Å². The largest absolute Gasteiger partial charge is 0.357 e. The molecule has 0 bridgehead atoms. The van der Waals surface area contributed by atoms with Crippen molar-refractivity contribution < 1.29 is 0 Å². The number of hydrogen-bond acceptors (Lipinski definition) is 4. The maximum atomic E-state index is 4.71. The summed E-state index contributed by atoms with van der Waals surface area (Å²) in [7, 11) is 0. The molecule has 0 saturated carbocycles. The van der Waals surface area contributed by atoms with Crippen molar-refractivity contribution in [2.75, 3.05) is 25.1 Å². The first-order valence-corrected chi connectivity index (χ1v) is 10.5. The van der Waals surface area contributed by atoms with Crippen molar-refractivity contribution >= 4 is 41.7 Å². The fourth-order valence-electron chi connectivity index (χ4n) is 2.75. The molecule has 6 nitrogen and oxygen atoms in total. The summed E-state index contributed by atoms with van der Waals surface area (Å²) in [6, 6.07) is 0.364. The topological polar surface area (TPSA) is 67.1 Å². The molecule has 2 heterocycles. The summed E-state index contributed by atoms with van der Waals surface area (Å²) in [5, 5.41) is 11.6. The number of aryl methyl sites for hydroxylation is 1. The molecule has 1 aromatic rings. The fourth-order valence-corrected chi connectivity index (χ4v) is 3.25. The lowest BCUT2D eigenvalue weighted by Crippen LogP contribution is -2.47. The molecule has 8 heteroatoms. The molecule has 0 spiro atoms. The lowest BCUT2D eigenvalue weighted by molar-refractivity contribution is 0.391. The maximum Gasteiger partial charge on any atom is 0.191 e. The standard InChI is InChI=1S/C17H32N6S.HI/c1-5-18-17(19-10-6-7-11-24-4)20-14-8-9-15-21-16(13(2)3)22-23(15)12-14;/h13-14H,5-12H2,1-4H3,(H2,18,19,20);1H. The molecular formula is C17H33IN6S. The third kappa shape index (κ3) is 7.32. The molecule has 1 aliphatic heterocycles. The molecule has 0 radical (unpaired) electrons. The second-order valence-corrected chi connectivity index (χ2v) is 7.55. The van der Waals surface area contributed by atoms with Crippen LogP contribution in [0.4, 0.5) is 0 Å². The normalized spacial score (nSPS) is 17.2. The average molecular weight is 480 g/mol. The van der Waals surface area contributed by atoms with Crippen LogP contribution >= 0.6 is 35.7 Å². The van der Waals surface area contributed by atoms with Gasteiger partial charge in [-0.2, -0.15) is 16.9 Å². The highest BCUT2D eigenvalue weighted by Crippen LogP contribution is 2.16. The number of aromatic nitrogens is 3. The Balaban J connectivity index is 0.00000312. The van der Waals surface area contributed by atoms with Gasteiger partial charge in [0.1, 0.15) is 5.82 Å². The van der Waals surface area contributed by atoms with Crippen LogP contribution in [0.3, 0.4) is 0 Å². The minimum Gasteiger partial charge on any atom is -0.357 e. The number of aliphatic imine (C=N–C) groups is 1. The SMILES string of the molecule is CCNC(=NCCCCSC)NC1CCc2nc(C(C)C)nn2C1.I. The van der Waals surface area contributed by atoms with Gasteiger partial charge in [-0.05, 0) is 38.2 Å². The van der Waals surface area contributed by atoms with Crippen LogP contribution in [0.15, 0.2) is 4.99 Å². The lowest BCUT2D eigenvalue weighted by Gasteiger charge is -2.25. The van der Waals surface area contributed by atoms with Crippen molar-refractivity contribution in [1.29, 1.82) is 0 Å². The number of nitrogens with zero attached hydrogens (tertiary/aromatic N) is 4. The number of halogens is 1. The molecular weight excluding hydrogens is 447 g/mol. The van der Waals surface area contributed by atoms with Gasteiger partial charge in [0, 0.05) is 31.5 Å². The van der Waals surface area contributed by atoms with Gasteiger partial charge in [-0.25, -0.2) is 9.67 Å². The Morgan fingerprint density at radius 3 is 2.88 bits per heavy atom. The van der Waals surface area contributed by atoms with Crippen molar-refractivity contribution in [3.63, 3.8) is 0 Å². The van der Waals surface area contributed by atoms with E-state index in [0.717, 1.165) is 56.5 Å². The van der Waals surface area contributed by atoms with Crippen molar-refractivity contribution in [1.82, 2.24) is 25.4 Å². The molecule has 144 valence electrons. The first-order valence-electron chi connectivity index (χ1n) is 9.11. The minimum atomic E-state index is 0. The second kappa shape index (κ2) is 12.0. The highest BCUT2D eigenvalue weighted by molar-refractivity contribution is 14.0.